The quantitative estimate of drug-likeness (QED) is 0.687. The molecule has 1 aromatic heterocycles. The average molecular weight is 241 g/mol. The van der Waals surface area contributed by atoms with E-state index < -0.39 is 0 Å². The van der Waals surface area contributed by atoms with Crippen LogP contribution in [0.5, 0.6) is 0 Å². The molecule has 0 saturated carbocycles. The number of nitrogens with two attached hydrogens (primary N) is 1. The van der Waals surface area contributed by atoms with Crippen LogP contribution in [0.2, 0.25) is 0 Å². The lowest BCUT2D eigenvalue weighted by Gasteiger charge is -2.10. The lowest BCUT2D eigenvalue weighted by atomic mass is 10.2. The number of aryl methyl sites for hydroxylation is 1. The van der Waals surface area contributed by atoms with Crippen LogP contribution in [0.1, 0.15) is 17.8 Å². The Morgan fingerprint density at radius 2 is 2.18 bits per heavy atom. The molecular weight excluding hydrogens is 218 g/mol. The minimum atomic E-state index is 0.437. The number of ether oxygens (including phenoxy) is 1. The molecule has 0 radical (unpaired) electrons. The minimum Gasteiger partial charge on any atom is -0.384 e. The molecule has 0 unspecified atom stereocenters. The molecule has 2 N–H and O–H groups in total. The summed E-state index contributed by atoms with van der Waals surface area (Å²) < 4.78 is 7.04. The second-order valence-corrected chi connectivity index (χ2v) is 4.31. The van der Waals surface area contributed by atoms with E-state index in [1.54, 1.807) is 7.11 Å². The van der Waals surface area contributed by atoms with Gasteiger partial charge in [-0.2, -0.15) is 0 Å². The summed E-state index contributed by atoms with van der Waals surface area (Å²) in [7, 11) is 5.83. The van der Waals surface area contributed by atoms with Crippen LogP contribution in [0.3, 0.4) is 0 Å². The fourth-order valence-corrected chi connectivity index (χ4v) is 1.72. The van der Waals surface area contributed by atoms with Gasteiger partial charge >= 0.3 is 0 Å². The van der Waals surface area contributed by atoms with E-state index in [2.05, 4.69) is 29.3 Å². The maximum Gasteiger partial charge on any atom is 0.0995 e. The van der Waals surface area contributed by atoms with E-state index in [0.717, 1.165) is 37.3 Å². The van der Waals surface area contributed by atoms with Crippen LogP contribution < -0.4 is 5.73 Å². The second-order valence-electron chi connectivity index (χ2n) is 4.31. The molecule has 1 heterocycles. The zero-order chi connectivity index (χ0) is 12.7. The van der Waals surface area contributed by atoms with E-state index in [4.69, 9.17) is 10.5 Å². The highest BCUT2D eigenvalue weighted by Crippen LogP contribution is 2.07. The molecule has 6 heteroatoms. The van der Waals surface area contributed by atoms with Gasteiger partial charge in [-0.25, -0.2) is 4.68 Å². The lowest BCUT2D eigenvalue weighted by molar-refractivity contribution is 0.199. The Morgan fingerprint density at radius 1 is 1.41 bits per heavy atom. The molecule has 0 aliphatic heterocycles. The van der Waals surface area contributed by atoms with Gasteiger partial charge in [0.15, 0.2) is 0 Å². The van der Waals surface area contributed by atoms with E-state index in [9.17, 15) is 0 Å². The van der Waals surface area contributed by atoms with Gasteiger partial charge in [0.05, 0.1) is 18.0 Å². The molecule has 17 heavy (non-hydrogen) atoms. The van der Waals surface area contributed by atoms with Gasteiger partial charge in [-0.05, 0) is 27.1 Å². The maximum atomic E-state index is 5.65. The molecule has 6 nitrogen and oxygen atoms in total. The van der Waals surface area contributed by atoms with Crippen molar-refractivity contribution in [1.29, 1.82) is 0 Å². The summed E-state index contributed by atoms with van der Waals surface area (Å²) in [5.41, 5.74) is 7.63. The molecule has 0 aliphatic rings. The first-order valence-electron chi connectivity index (χ1n) is 5.94. The van der Waals surface area contributed by atoms with Gasteiger partial charge in [-0.15, -0.1) is 5.10 Å². The van der Waals surface area contributed by atoms with Crippen LogP contribution in [0, 0.1) is 0 Å². The Balaban J connectivity index is 2.59. The van der Waals surface area contributed by atoms with E-state index in [-0.39, 0.29) is 0 Å². The highest BCUT2D eigenvalue weighted by Gasteiger charge is 2.10. The van der Waals surface area contributed by atoms with Crippen molar-refractivity contribution >= 4 is 0 Å². The Hall–Kier alpha value is -0.980. The average Bonchev–Trinajstić information content (AvgIpc) is 2.68. The number of hydrogen-bond acceptors (Lipinski definition) is 5. The van der Waals surface area contributed by atoms with Gasteiger partial charge in [0.25, 0.3) is 0 Å². The molecule has 1 aromatic rings. The molecule has 0 amide bonds. The van der Waals surface area contributed by atoms with Gasteiger partial charge in [-0.3, -0.25) is 0 Å². The van der Waals surface area contributed by atoms with Crippen LogP contribution in [0.15, 0.2) is 0 Å². The van der Waals surface area contributed by atoms with Gasteiger partial charge in [0, 0.05) is 26.6 Å². The van der Waals surface area contributed by atoms with Crippen molar-refractivity contribution in [2.45, 2.75) is 25.9 Å². The Bertz CT molecular complexity index is 324. The summed E-state index contributed by atoms with van der Waals surface area (Å²) in [6, 6.07) is 0. The third-order valence-corrected chi connectivity index (χ3v) is 2.63. The molecule has 0 atom stereocenters. The largest absolute Gasteiger partial charge is 0.384 e. The Labute approximate surface area is 103 Å². The minimum absolute atomic E-state index is 0.437. The SMILES string of the molecule is COCCc1c(CN)nnn1CCCN(C)C. The first-order valence-corrected chi connectivity index (χ1v) is 5.94. The predicted octanol–water partition coefficient (Wildman–Crippen LogP) is -0.123. The van der Waals surface area contributed by atoms with Crippen LogP contribution in [-0.4, -0.2) is 54.3 Å². The lowest BCUT2D eigenvalue weighted by Crippen LogP contribution is -2.17. The molecule has 0 aliphatic carbocycles. The van der Waals surface area contributed by atoms with Gasteiger partial charge in [-0.1, -0.05) is 5.21 Å². The number of hydrogen-bond donors (Lipinski definition) is 1. The molecule has 0 bridgehead atoms. The molecule has 0 saturated heterocycles. The van der Waals surface area contributed by atoms with Gasteiger partial charge in [0.2, 0.25) is 0 Å². The molecule has 0 spiro atoms. The first kappa shape index (κ1) is 14.1. The Morgan fingerprint density at radius 3 is 2.76 bits per heavy atom. The third kappa shape index (κ3) is 4.41. The van der Waals surface area contributed by atoms with Gasteiger partial charge in [0.1, 0.15) is 0 Å². The zero-order valence-electron chi connectivity index (χ0n) is 11.0. The number of rotatable bonds is 8. The molecular formula is C11H23N5O. The van der Waals surface area contributed by atoms with E-state index in [1.807, 2.05) is 4.68 Å². The normalized spacial score (nSPS) is 11.4. The van der Waals surface area contributed by atoms with Crippen molar-refractivity contribution in [2.24, 2.45) is 5.73 Å². The summed E-state index contributed by atoms with van der Waals surface area (Å²) in [6.45, 7) is 3.03. The van der Waals surface area contributed by atoms with Crippen molar-refractivity contribution in [3.05, 3.63) is 11.4 Å². The fourth-order valence-electron chi connectivity index (χ4n) is 1.72. The standard InChI is InChI=1S/C11H23N5O/c1-15(2)6-4-7-16-11(5-8-17-3)10(9-12)13-14-16/h4-9,12H2,1-3H3. The number of methoxy groups -OCH3 is 1. The van der Waals surface area contributed by atoms with Crippen LogP contribution in [0.4, 0.5) is 0 Å². The van der Waals surface area contributed by atoms with Crippen LogP contribution >= 0.6 is 0 Å². The molecule has 98 valence electrons. The van der Waals surface area contributed by atoms with E-state index in [1.165, 1.54) is 0 Å². The summed E-state index contributed by atoms with van der Waals surface area (Å²) in [4.78, 5) is 2.16. The van der Waals surface area contributed by atoms with Crippen molar-refractivity contribution in [1.82, 2.24) is 19.9 Å². The second kappa shape index (κ2) is 7.37. The molecule has 1 rings (SSSR count). The topological polar surface area (TPSA) is 69.2 Å². The van der Waals surface area contributed by atoms with Crippen molar-refractivity contribution < 1.29 is 4.74 Å². The summed E-state index contributed by atoms with van der Waals surface area (Å²) in [6.07, 6.45) is 1.87. The van der Waals surface area contributed by atoms with Crippen molar-refractivity contribution in [3.63, 3.8) is 0 Å². The van der Waals surface area contributed by atoms with E-state index >= 15 is 0 Å². The highest BCUT2D eigenvalue weighted by molar-refractivity contribution is 5.10. The van der Waals surface area contributed by atoms with Crippen molar-refractivity contribution in [3.8, 4) is 0 Å². The summed E-state index contributed by atoms with van der Waals surface area (Å²) in [5.74, 6) is 0. The van der Waals surface area contributed by atoms with Crippen molar-refractivity contribution in [2.75, 3.05) is 34.4 Å². The van der Waals surface area contributed by atoms with Gasteiger partial charge < -0.3 is 15.4 Å². The molecule has 0 aromatic carbocycles. The predicted molar refractivity (Wildman–Crippen MR) is 66.7 cm³/mol. The summed E-state index contributed by atoms with van der Waals surface area (Å²) in [5, 5.41) is 8.25. The van der Waals surface area contributed by atoms with Crippen LogP contribution in [0.25, 0.3) is 0 Å². The fraction of sp³-hybridized carbons (Fsp3) is 0.818. The Kier molecular flexibility index (Phi) is 6.10. The highest BCUT2D eigenvalue weighted by atomic mass is 16.5. The zero-order valence-corrected chi connectivity index (χ0v) is 11.0. The first-order chi connectivity index (χ1) is 8.19. The van der Waals surface area contributed by atoms with E-state index in [0.29, 0.717) is 13.2 Å². The smallest absolute Gasteiger partial charge is 0.0995 e. The summed E-state index contributed by atoms with van der Waals surface area (Å²) >= 11 is 0. The molecule has 0 fully saturated rings. The third-order valence-electron chi connectivity index (χ3n) is 2.63. The number of aromatic nitrogens is 3. The van der Waals surface area contributed by atoms with Crippen LogP contribution in [-0.2, 0) is 24.2 Å². The number of nitrogens with zero attached hydrogens (tertiary/aromatic N) is 4. The maximum absolute atomic E-state index is 5.65. The monoisotopic (exact) mass is 241 g/mol.